The fraction of sp³-hybridized carbons (Fsp3) is 0.292. The molecule has 2 aromatic rings. The number of esters is 1. The topological polar surface area (TPSA) is 98.9 Å². The molecule has 8 heteroatoms. The van der Waals surface area contributed by atoms with Gasteiger partial charge < -0.3 is 4.74 Å². The first-order valence-corrected chi connectivity index (χ1v) is 10.6. The van der Waals surface area contributed by atoms with Crippen molar-refractivity contribution in [3.8, 4) is 0 Å². The van der Waals surface area contributed by atoms with Gasteiger partial charge in [-0.3, -0.25) is 24.7 Å². The number of benzene rings is 2. The lowest BCUT2D eigenvalue weighted by molar-refractivity contribution is -0.384. The maximum Gasteiger partial charge on any atom is 0.315 e. The summed E-state index contributed by atoms with van der Waals surface area (Å²) in [5, 5.41) is 12.0. The van der Waals surface area contributed by atoms with Crippen LogP contribution in [0.2, 0.25) is 5.02 Å². The Labute approximate surface area is 189 Å². The quantitative estimate of drug-likeness (QED) is 0.369. The Morgan fingerprint density at radius 1 is 1.16 bits per heavy atom. The second-order valence-electron chi connectivity index (χ2n) is 8.02. The molecule has 0 fully saturated rings. The van der Waals surface area contributed by atoms with E-state index in [4.69, 9.17) is 16.3 Å². The Morgan fingerprint density at radius 3 is 2.53 bits per heavy atom. The molecule has 1 aliphatic carbocycles. The Bertz CT molecular complexity index is 1170. The Balaban J connectivity index is 1.82. The summed E-state index contributed by atoms with van der Waals surface area (Å²) >= 11 is 6.00. The van der Waals surface area contributed by atoms with Crippen LogP contribution in [0.5, 0.6) is 0 Å². The number of halogens is 1. The maximum atomic E-state index is 13.4. The van der Waals surface area contributed by atoms with E-state index in [1.54, 1.807) is 31.2 Å². The molecule has 164 valence electrons. The fourth-order valence-electron chi connectivity index (χ4n) is 4.65. The molecule has 0 saturated heterocycles. The molecule has 0 N–H and O–H groups in total. The minimum atomic E-state index is -0.822. The number of non-ortho nitro benzene ring substituents is 1. The number of aliphatic imine (C=N–C) groups is 1. The van der Waals surface area contributed by atoms with Gasteiger partial charge in [-0.05, 0) is 42.5 Å². The van der Waals surface area contributed by atoms with Gasteiger partial charge in [0, 0.05) is 46.5 Å². The standard InChI is InChI=1S/C24H21ClN2O5/c1-13-21(24(29)32-2)22(15-4-3-5-18(10-15)27(30)31)23-19(26-13)11-16(12-20(23)28)14-6-8-17(25)9-7-14/h3-10,16,21-22H,11-12H2,1-2H3/t16-,21?,22+/m1/s1. The van der Waals surface area contributed by atoms with Gasteiger partial charge in [0.2, 0.25) is 0 Å². The molecule has 1 aliphatic heterocycles. The predicted molar refractivity (Wildman–Crippen MR) is 120 cm³/mol. The monoisotopic (exact) mass is 452 g/mol. The van der Waals surface area contributed by atoms with Gasteiger partial charge in [0.25, 0.3) is 5.69 Å². The minimum Gasteiger partial charge on any atom is -0.468 e. The zero-order chi connectivity index (χ0) is 23.0. The van der Waals surface area contributed by atoms with Crippen molar-refractivity contribution < 1.29 is 19.2 Å². The summed E-state index contributed by atoms with van der Waals surface area (Å²) in [5.41, 5.74) is 3.00. The van der Waals surface area contributed by atoms with Gasteiger partial charge in [-0.15, -0.1) is 0 Å². The smallest absolute Gasteiger partial charge is 0.315 e. The lowest BCUT2D eigenvalue weighted by Crippen LogP contribution is -2.37. The molecule has 7 nitrogen and oxygen atoms in total. The van der Waals surface area contributed by atoms with Crippen LogP contribution in [0.1, 0.15) is 42.7 Å². The first kappa shape index (κ1) is 21.9. The highest BCUT2D eigenvalue weighted by atomic mass is 35.5. The molecule has 3 atom stereocenters. The zero-order valence-corrected chi connectivity index (χ0v) is 18.3. The number of ketones is 1. The molecular formula is C24H21ClN2O5. The van der Waals surface area contributed by atoms with Crippen molar-refractivity contribution in [2.24, 2.45) is 10.9 Å². The number of carbonyl (C=O) groups excluding carboxylic acids is 2. The fourth-order valence-corrected chi connectivity index (χ4v) is 4.78. The second-order valence-corrected chi connectivity index (χ2v) is 8.46. The van der Waals surface area contributed by atoms with Crippen LogP contribution in [0.15, 0.2) is 64.8 Å². The Morgan fingerprint density at radius 2 is 1.88 bits per heavy atom. The summed E-state index contributed by atoms with van der Waals surface area (Å²) in [6.45, 7) is 1.73. The van der Waals surface area contributed by atoms with E-state index in [1.807, 2.05) is 12.1 Å². The van der Waals surface area contributed by atoms with Gasteiger partial charge in [0.05, 0.1) is 12.0 Å². The van der Waals surface area contributed by atoms with E-state index in [-0.39, 0.29) is 23.8 Å². The zero-order valence-electron chi connectivity index (χ0n) is 17.6. The minimum absolute atomic E-state index is 0.0597. The molecule has 2 aromatic carbocycles. The van der Waals surface area contributed by atoms with Crippen LogP contribution in [0.4, 0.5) is 5.69 Å². The number of Topliss-reactive ketones (excluding diaryl/α,β-unsaturated/α-hetero) is 1. The predicted octanol–water partition coefficient (Wildman–Crippen LogP) is 5.00. The third-order valence-electron chi connectivity index (χ3n) is 6.13. The van der Waals surface area contributed by atoms with Gasteiger partial charge >= 0.3 is 5.97 Å². The van der Waals surface area contributed by atoms with Crippen LogP contribution >= 0.6 is 11.6 Å². The summed E-state index contributed by atoms with van der Waals surface area (Å²) in [6.07, 6.45) is 0.785. The van der Waals surface area contributed by atoms with Crippen LogP contribution in [0.25, 0.3) is 0 Å². The van der Waals surface area contributed by atoms with Crippen molar-refractivity contribution >= 4 is 34.8 Å². The van der Waals surface area contributed by atoms with E-state index >= 15 is 0 Å². The normalized spacial score (nSPS) is 22.8. The van der Waals surface area contributed by atoms with Crippen LogP contribution in [-0.2, 0) is 14.3 Å². The van der Waals surface area contributed by atoms with Crippen molar-refractivity contribution in [2.75, 3.05) is 7.11 Å². The summed E-state index contributed by atoms with van der Waals surface area (Å²) in [5.74, 6) is -2.21. The average Bonchev–Trinajstić information content (AvgIpc) is 2.78. The molecule has 0 bridgehead atoms. The first-order chi connectivity index (χ1) is 15.3. The highest BCUT2D eigenvalue weighted by Gasteiger charge is 2.44. The van der Waals surface area contributed by atoms with Gasteiger partial charge in [-0.25, -0.2) is 0 Å². The number of rotatable bonds is 4. The number of methoxy groups -OCH3 is 1. The summed E-state index contributed by atoms with van der Waals surface area (Å²) < 4.78 is 5.01. The van der Waals surface area contributed by atoms with Gasteiger partial charge in [0.15, 0.2) is 5.78 Å². The van der Waals surface area contributed by atoms with Gasteiger partial charge in [0.1, 0.15) is 5.92 Å². The number of nitro groups is 1. The number of nitrogens with zero attached hydrogens (tertiary/aromatic N) is 2. The van der Waals surface area contributed by atoms with Crippen LogP contribution in [0, 0.1) is 16.0 Å². The SMILES string of the molecule is COC(=O)C1C(C)=NC2=C(C(=O)C[C@H](c3ccc(Cl)cc3)C2)[C@H]1c1cccc([N+](=O)[O-])c1. The van der Waals surface area contributed by atoms with Crippen molar-refractivity contribution in [3.05, 3.63) is 86.1 Å². The summed E-state index contributed by atoms with van der Waals surface area (Å²) in [4.78, 5) is 41.6. The third kappa shape index (κ3) is 3.96. The molecule has 4 rings (SSSR count). The first-order valence-electron chi connectivity index (χ1n) is 10.2. The highest BCUT2D eigenvalue weighted by Crippen LogP contribution is 2.47. The van der Waals surface area contributed by atoms with E-state index in [9.17, 15) is 19.7 Å². The molecule has 2 aliphatic rings. The number of hydrogen-bond donors (Lipinski definition) is 0. The molecule has 0 saturated carbocycles. The van der Waals surface area contributed by atoms with E-state index in [0.717, 1.165) is 5.56 Å². The van der Waals surface area contributed by atoms with Crippen molar-refractivity contribution in [2.45, 2.75) is 31.6 Å². The molecule has 1 heterocycles. The number of ether oxygens (including phenoxy) is 1. The molecule has 32 heavy (non-hydrogen) atoms. The van der Waals surface area contributed by atoms with Crippen molar-refractivity contribution in [1.29, 1.82) is 0 Å². The third-order valence-corrected chi connectivity index (χ3v) is 6.38. The van der Waals surface area contributed by atoms with E-state index in [0.29, 0.717) is 34.0 Å². The molecular weight excluding hydrogens is 432 g/mol. The van der Waals surface area contributed by atoms with E-state index in [2.05, 4.69) is 4.99 Å². The van der Waals surface area contributed by atoms with Crippen molar-refractivity contribution in [3.63, 3.8) is 0 Å². The Hall–Kier alpha value is -3.32. The summed E-state index contributed by atoms with van der Waals surface area (Å²) in [7, 11) is 1.28. The number of hydrogen-bond acceptors (Lipinski definition) is 6. The van der Waals surface area contributed by atoms with Crippen LogP contribution in [-0.4, -0.2) is 29.5 Å². The molecule has 0 amide bonds. The average molecular weight is 453 g/mol. The number of carbonyl (C=O) groups is 2. The van der Waals surface area contributed by atoms with Crippen molar-refractivity contribution in [1.82, 2.24) is 0 Å². The van der Waals surface area contributed by atoms with Crippen LogP contribution in [0.3, 0.4) is 0 Å². The molecule has 0 radical (unpaired) electrons. The lowest BCUT2D eigenvalue weighted by atomic mass is 9.69. The van der Waals surface area contributed by atoms with Gasteiger partial charge in [-0.1, -0.05) is 35.9 Å². The molecule has 1 unspecified atom stereocenters. The van der Waals surface area contributed by atoms with E-state index in [1.165, 1.54) is 19.2 Å². The molecule has 0 aromatic heterocycles. The summed E-state index contributed by atoms with van der Waals surface area (Å²) in [6, 6.07) is 13.5. The number of allylic oxidation sites excluding steroid dienone is 2. The largest absolute Gasteiger partial charge is 0.468 e. The highest BCUT2D eigenvalue weighted by molar-refractivity contribution is 6.30. The second kappa shape index (κ2) is 8.67. The van der Waals surface area contributed by atoms with E-state index < -0.39 is 22.7 Å². The lowest BCUT2D eigenvalue weighted by Gasteiger charge is -2.36. The Kier molecular flexibility index (Phi) is 5.93. The number of nitro benzene ring substituents is 1. The molecule has 0 spiro atoms. The maximum absolute atomic E-state index is 13.4. The van der Waals surface area contributed by atoms with Crippen LogP contribution < -0.4 is 0 Å². The van der Waals surface area contributed by atoms with Gasteiger partial charge in [-0.2, -0.15) is 0 Å².